The molecule has 1 aliphatic carbocycles. The average Bonchev–Trinajstić information content (AvgIpc) is 2.79. The van der Waals surface area contributed by atoms with Crippen LogP contribution in [0.15, 0.2) is 36.5 Å². The Balaban J connectivity index is 1.40. The summed E-state index contributed by atoms with van der Waals surface area (Å²) >= 11 is 0. The summed E-state index contributed by atoms with van der Waals surface area (Å²) in [5, 5.41) is 21.1. The van der Waals surface area contributed by atoms with Crippen molar-refractivity contribution in [2.24, 2.45) is 5.92 Å². The van der Waals surface area contributed by atoms with Crippen molar-refractivity contribution in [1.29, 1.82) is 0 Å². The predicted octanol–water partition coefficient (Wildman–Crippen LogP) is 2.08. The zero-order valence-corrected chi connectivity index (χ0v) is 18.4. The summed E-state index contributed by atoms with van der Waals surface area (Å²) in [6.07, 6.45) is 0.522. The Bertz CT molecular complexity index is 1030. The minimum absolute atomic E-state index is 0.0908. The van der Waals surface area contributed by atoms with Crippen molar-refractivity contribution < 1.29 is 28.9 Å². The number of amides is 2. The number of halogens is 1. The summed E-state index contributed by atoms with van der Waals surface area (Å²) in [7, 11) is 0. The molecule has 2 aromatic rings. The van der Waals surface area contributed by atoms with E-state index in [9.17, 15) is 19.1 Å². The summed E-state index contributed by atoms with van der Waals surface area (Å²) < 4.78 is 20.5. The number of alkyl halides is 1. The maximum Gasteiger partial charge on any atom is 0.248 e. The van der Waals surface area contributed by atoms with Crippen LogP contribution in [-0.2, 0) is 9.59 Å². The quantitative estimate of drug-likeness (QED) is 0.612. The number of hydrogen-bond donors (Lipinski definition) is 3. The second-order valence-corrected chi connectivity index (χ2v) is 8.68. The maximum atomic E-state index is 14.6. The molecular formula is C24H28FN3O5. The third-order valence-electron chi connectivity index (χ3n) is 6.25. The van der Waals surface area contributed by atoms with Crippen molar-refractivity contribution in [1.82, 2.24) is 9.88 Å². The smallest absolute Gasteiger partial charge is 0.248 e. The number of ether oxygens (including phenoxy) is 1. The van der Waals surface area contributed by atoms with Crippen LogP contribution in [-0.4, -0.2) is 70.0 Å². The molecule has 0 radical (unpaired) electrons. The first-order chi connectivity index (χ1) is 15.8. The van der Waals surface area contributed by atoms with Gasteiger partial charge in [-0.1, -0.05) is 6.07 Å². The molecule has 1 saturated heterocycles. The first-order valence-electron chi connectivity index (χ1n) is 11.1. The highest BCUT2D eigenvalue weighted by Crippen LogP contribution is 2.31. The first kappa shape index (κ1) is 23.1. The van der Waals surface area contributed by atoms with Crippen molar-refractivity contribution in [2.45, 2.75) is 44.6 Å². The van der Waals surface area contributed by atoms with Gasteiger partial charge in [-0.15, -0.1) is 0 Å². The number of carbonyl (C=O) groups excluding carboxylic acids is 2. The number of likely N-dealkylation sites (tertiary alicyclic amines) is 1. The van der Waals surface area contributed by atoms with Crippen LogP contribution in [0.4, 0.5) is 10.2 Å². The highest BCUT2D eigenvalue weighted by Gasteiger charge is 2.34. The number of piperidine rings is 1. The Morgan fingerprint density at radius 3 is 2.67 bits per heavy atom. The Morgan fingerprint density at radius 1 is 1.24 bits per heavy atom. The van der Waals surface area contributed by atoms with Gasteiger partial charge >= 0.3 is 0 Å². The zero-order chi connectivity index (χ0) is 23.5. The molecule has 3 N–H and O–H groups in total. The van der Waals surface area contributed by atoms with Gasteiger partial charge in [-0.2, -0.15) is 0 Å². The molecule has 9 heteroatoms. The van der Waals surface area contributed by atoms with E-state index in [1.165, 1.54) is 4.90 Å². The Kier molecular flexibility index (Phi) is 6.90. The van der Waals surface area contributed by atoms with Gasteiger partial charge in [-0.3, -0.25) is 9.59 Å². The fourth-order valence-electron chi connectivity index (χ4n) is 4.18. The van der Waals surface area contributed by atoms with E-state index >= 15 is 0 Å². The van der Waals surface area contributed by atoms with E-state index in [1.807, 2.05) is 25.1 Å². The largest absolute Gasteiger partial charge is 0.487 e. The molecule has 2 atom stereocenters. The molecule has 0 bridgehead atoms. The third-order valence-corrected chi connectivity index (χ3v) is 6.25. The van der Waals surface area contributed by atoms with Crippen LogP contribution >= 0.6 is 0 Å². The second-order valence-electron chi connectivity index (χ2n) is 8.68. The number of pyridine rings is 1. The van der Waals surface area contributed by atoms with Gasteiger partial charge in [0.2, 0.25) is 11.8 Å². The average molecular weight is 458 g/mol. The van der Waals surface area contributed by atoms with Crippen LogP contribution in [0.25, 0.3) is 11.1 Å². The monoisotopic (exact) mass is 457 g/mol. The number of hydrogen-bond acceptors (Lipinski definition) is 6. The topological polar surface area (TPSA) is 112 Å². The van der Waals surface area contributed by atoms with Crippen LogP contribution < -0.4 is 10.1 Å². The van der Waals surface area contributed by atoms with Gasteiger partial charge in [0.15, 0.2) is 6.17 Å². The van der Waals surface area contributed by atoms with E-state index < -0.39 is 30.9 Å². The van der Waals surface area contributed by atoms with Gasteiger partial charge in [0, 0.05) is 25.1 Å². The molecule has 2 amide bonds. The lowest BCUT2D eigenvalue weighted by Crippen LogP contribution is -2.50. The predicted molar refractivity (Wildman–Crippen MR) is 119 cm³/mol. The maximum absolute atomic E-state index is 14.6. The van der Waals surface area contributed by atoms with E-state index in [0.717, 1.165) is 16.7 Å². The molecule has 2 aliphatic rings. The molecule has 1 aliphatic heterocycles. The van der Waals surface area contributed by atoms with Crippen LogP contribution in [0.3, 0.4) is 0 Å². The van der Waals surface area contributed by atoms with Gasteiger partial charge in [-0.25, -0.2) is 9.37 Å². The lowest BCUT2D eigenvalue weighted by atomic mass is 9.82. The van der Waals surface area contributed by atoms with Crippen molar-refractivity contribution in [3.05, 3.63) is 42.1 Å². The van der Waals surface area contributed by atoms with Crippen molar-refractivity contribution in [3.63, 3.8) is 0 Å². The van der Waals surface area contributed by atoms with Crippen LogP contribution in [0.2, 0.25) is 0 Å². The minimum Gasteiger partial charge on any atom is -0.487 e. The number of nitrogens with zero attached hydrogens (tertiary/aromatic N) is 2. The van der Waals surface area contributed by atoms with E-state index in [0.29, 0.717) is 37.4 Å². The van der Waals surface area contributed by atoms with Crippen molar-refractivity contribution in [2.75, 3.05) is 25.0 Å². The number of anilines is 1. The Morgan fingerprint density at radius 2 is 2.00 bits per heavy atom. The molecule has 33 heavy (non-hydrogen) atoms. The van der Waals surface area contributed by atoms with Gasteiger partial charge in [0.1, 0.15) is 24.3 Å². The number of aromatic nitrogens is 1. The summed E-state index contributed by atoms with van der Waals surface area (Å²) in [6, 6.07) is 9.20. The molecule has 176 valence electrons. The van der Waals surface area contributed by atoms with E-state index in [1.54, 1.807) is 18.3 Å². The SMILES string of the molecule is Cc1cc(-c2ccnc(NC(=O)[C@H]3C[C@H](O)C3)c2)ccc1O[C@H]1CCN(C(=O)CO)C[C@H]1F. The number of rotatable bonds is 6. The zero-order valence-electron chi connectivity index (χ0n) is 18.4. The standard InChI is InChI=1S/C24H28FN3O5/c1-14-8-15(16-4-6-26-22(11-16)27-24(32)17-9-18(30)10-17)2-3-20(14)33-21-5-7-28(12-19(21)25)23(31)13-29/h2-4,6,8,11,17-19,21,29-30H,5,7,9-10,12-13H2,1H3,(H,26,27,32)/t17-,18-,19-,21+/m1/s1. The second kappa shape index (κ2) is 9.84. The Labute approximate surface area is 191 Å². The summed E-state index contributed by atoms with van der Waals surface area (Å²) in [5.74, 6) is 0.213. The summed E-state index contributed by atoms with van der Waals surface area (Å²) in [6.45, 7) is 1.50. The number of nitrogens with one attached hydrogen (secondary N) is 1. The highest BCUT2D eigenvalue weighted by atomic mass is 19.1. The van der Waals surface area contributed by atoms with Crippen LogP contribution in [0.1, 0.15) is 24.8 Å². The van der Waals surface area contributed by atoms with E-state index in [2.05, 4.69) is 10.3 Å². The molecule has 2 fully saturated rings. The molecule has 2 heterocycles. The first-order valence-corrected chi connectivity index (χ1v) is 11.1. The summed E-state index contributed by atoms with van der Waals surface area (Å²) in [4.78, 5) is 29.3. The van der Waals surface area contributed by atoms with E-state index in [4.69, 9.17) is 9.84 Å². The highest BCUT2D eigenvalue weighted by molar-refractivity contribution is 5.92. The van der Waals surface area contributed by atoms with Crippen LogP contribution in [0, 0.1) is 12.8 Å². The number of carbonyl (C=O) groups is 2. The fourth-order valence-corrected chi connectivity index (χ4v) is 4.18. The summed E-state index contributed by atoms with van der Waals surface area (Å²) in [5.41, 5.74) is 2.60. The van der Waals surface area contributed by atoms with Crippen molar-refractivity contribution >= 4 is 17.6 Å². The molecule has 0 unspecified atom stereocenters. The molecule has 1 aromatic heterocycles. The van der Waals surface area contributed by atoms with Crippen LogP contribution in [0.5, 0.6) is 5.75 Å². The minimum atomic E-state index is -1.34. The number of aliphatic hydroxyl groups is 2. The van der Waals surface area contributed by atoms with Gasteiger partial charge in [-0.05, 0) is 60.7 Å². The van der Waals surface area contributed by atoms with Crippen molar-refractivity contribution in [3.8, 4) is 16.9 Å². The van der Waals surface area contributed by atoms with Gasteiger partial charge < -0.3 is 25.2 Å². The fraction of sp³-hybridized carbons (Fsp3) is 0.458. The lowest BCUT2D eigenvalue weighted by molar-refractivity contribution is -0.138. The number of aliphatic hydroxyl groups excluding tert-OH is 2. The molecular weight excluding hydrogens is 429 g/mol. The third kappa shape index (κ3) is 5.31. The molecule has 1 saturated carbocycles. The molecule has 0 spiro atoms. The van der Waals surface area contributed by atoms with Gasteiger partial charge in [0.05, 0.1) is 12.6 Å². The number of aryl methyl sites for hydroxylation is 1. The number of benzene rings is 1. The molecule has 8 nitrogen and oxygen atoms in total. The lowest BCUT2D eigenvalue weighted by Gasteiger charge is -2.34. The normalized spacial score (nSPS) is 24.7. The van der Waals surface area contributed by atoms with E-state index in [-0.39, 0.29) is 18.4 Å². The molecule has 1 aromatic carbocycles. The van der Waals surface area contributed by atoms with Gasteiger partial charge in [0.25, 0.3) is 0 Å². The Hall–Kier alpha value is -3.04. The molecule has 4 rings (SSSR count).